The number of rotatable bonds is 18. The third-order valence-corrected chi connectivity index (χ3v) is 21.4. The van der Waals surface area contributed by atoms with E-state index in [1.54, 1.807) is 215 Å². The minimum Gasteiger partial charge on any atom is -0.462 e. The van der Waals surface area contributed by atoms with E-state index in [9.17, 15) is 18.7 Å². The molecule has 10 rings (SSSR count). The van der Waals surface area contributed by atoms with E-state index < -0.39 is 108 Å². The quantitative estimate of drug-likeness (QED) is 0.0203. The lowest BCUT2D eigenvalue weighted by Gasteiger charge is -2.20. The van der Waals surface area contributed by atoms with Crippen molar-refractivity contribution < 1.29 is 63.3 Å². The van der Waals surface area contributed by atoms with E-state index in [4.69, 9.17) is 9.47 Å². The van der Waals surface area contributed by atoms with Crippen molar-refractivity contribution in [3.05, 3.63) is 235 Å². The van der Waals surface area contributed by atoms with Crippen LogP contribution >= 0.6 is 59.5 Å². The summed E-state index contributed by atoms with van der Waals surface area (Å²) in [7, 11) is -6.73. The molecular weight excluding hydrogens is 1360 g/mol. The Morgan fingerprint density at radius 2 is 0.651 bits per heavy atom. The molecule has 0 aliphatic carbocycles. The predicted molar refractivity (Wildman–Crippen MR) is 312 cm³/mol. The minimum absolute atomic E-state index is 0.0180. The molecule has 0 unspecified atom stereocenters. The van der Waals surface area contributed by atoms with E-state index in [0.717, 1.165) is 0 Å². The molecular formula is C59H38F8I2N6O6P2. The van der Waals surface area contributed by atoms with Crippen LogP contribution < -0.4 is 31.8 Å². The normalized spacial score (nSPS) is 11.7. The Morgan fingerprint density at radius 3 is 0.928 bits per heavy atom. The Hall–Kier alpha value is -7.66. The second-order valence-corrected chi connectivity index (χ2v) is 25.8. The fourth-order valence-corrected chi connectivity index (χ4v) is 15.9. The molecule has 0 spiro atoms. The zero-order valence-corrected chi connectivity index (χ0v) is 48.6. The molecule has 0 aliphatic rings. The molecule has 2 heterocycles. The first-order valence-electron chi connectivity index (χ1n) is 24.9. The van der Waals surface area contributed by atoms with Crippen molar-refractivity contribution in [2.24, 2.45) is 0 Å². The number of ether oxygens (including phenoxy) is 2. The lowest BCUT2D eigenvalue weighted by Crippen LogP contribution is -2.24. The molecule has 0 saturated carbocycles. The summed E-state index contributed by atoms with van der Waals surface area (Å²) in [6.45, 7) is -1.16. The smallest absolute Gasteiger partial charge is 0.344 e. The summed E-state index contributed by atoms with van der Waals surface area (Å²) >= 11 is 3.26. The standard InChI is InChI=1S/C59H38F8I2N6O6P2/c60-44-42(45(61)49(65)54(48(44)64)74-56(68)52(70-72-74)34-24-28-40(29-25-34)82(78,36-16-6-1-7-17-36)37-18-8-2-9-19-37)58(76)80-32-14-5-15-33-81-59(77)43-46(62)50(66)55(51(67)47(43)63)75-57(69)53(71-73-75)35-26-30-41(31-27-35)83(79,38-20-10-3-11-21-38)39-22-12-4-13-23-39/h1-4,6-13,16-31H,5,14-15,32-33H2. The Labute approximate surface area is 494 Å². The molecule has 24 heteroatoms. The summed E-state index contributed by atoms with van der Waals surface area (Å²) in [5.74, 6) is -19.9. The number of aromatic nitrogens is 6. The Morgan fingerprint density at radius 1 is 0.386 bits per heavy atom. The summed E-state index contributed by atoms with van der Waals surface area (Å²) < 4.78 is 165. The van der Waals surface area contributed by atoms with Gasteiger partial charge in [0.1, 0.15) is 41.3 Å². The highest BCUT2D eigenvalue weighted by Gasteiger charge is 2.36. The van der Waals surface area contributed by atoms with Crippen molar-refractivity contribution in [1.29, 1.82) is 0 Å². The Bertz CT molecular complexity index is 3780. The van der Waals surface area contributed by atoms with Gasteiger partial charge in [-0.15, -0.1) is 10.2 Å². The number of benzene rings is 8. The van der Waals surface area contributed by atoms with Gasteiger partial charge in [-0.2, -0.15) is 0 Å². The van der Waals surface area contributed by atoms with Gasteiger partial charge in [0.2, 0.25) is 0 Å². The summed E-state index contributed by atoms with van der Waals surface area (Å²) in [6.07, 6.45) is -0.180. The molecule has 0 aliphatic heterocycles. The topological polar surface area (TPSA) is 148 Å². The highest BCUT2D eigenvalue weighted by Crippen LogP contribution is 2.44. The van der Waals surface area contributed by atoms with Gasteiger partial charge < -0.3 is 18.6 Å². The summed E-state index contributed by atoms with van der Waals surface area (Å²) in [6, 6.07) is 48.1. The zero-order valence-electron chi connectivity index (χ0n) is 42.5. The van der Waals surface area contributed by atoms with Gasteiger partial charge in [-0.3, -0.25) is 0 Å². The fraction of sp³-hybridized carbons (Fsp3) is 0.0847. The average Bonchev–Trinajstić information content (AvgIpc) is 3.58. The number of hydrogen-bond acceptors (Lipinski definition) is 10. The largest absolute Gasteiger partial charge is 0.462 e. The first-order chi connectivity index (χ1) is 40.0. The van der Waals surface area contributed by atoms with E-state index in [1.807, 2.05) is 0 Å². The van der Waals surface area contributed by atoms with Crippen LogP contribution in [0.3, 0.4) is 0 Å². The lowest BCUT2D eigenvalue weighted by molar-refractivity contribution is 0.0464. The van der Waals surface area contributed by atoms with Crippen LogP contribution in [-0.4, -0.2) is 55.1 Å². The van der Waals surface area contributed by atoms with Gasteiger partial charge in [0.15, 0.2) is 60.8 Å². The SMILES string of the molecule is O=C(OCCCCCOC(=O)c1c(F)c(F)c(-n2nnc(-c3ccc(P(=O)(c4ccccc4)c4ccccc4)cc3)c2I)c(F)c1F)c1c(F)c(F)c(-n2nnc(-c3ccc(P(=O)(c4ccccc4)c4ccccc4)cc3)c2I)c(F)c1F. The molecule has 0 fully saturated rings. The van der Waals surface area contributed by atoms with Gasteiger partial charge in [-0.25, -0.2) is 54.1 Å². The van der Waals surface area contributed by atoms with E-state index in [2.05, 4.69) is 20.6 Å². The van der Waals surface area contributed by atoms with Crippen molar-refractivity contribution in [1.82, 2.24) is 30.0 Å². The van der Waals surface area contributed by atoms with Gasteiger partial charge in [-0.1, -0.05) is 180 Å². The van der Waals surface area contributed by atoms with E-state index in [0.29, 0.717) is 52.3 Å². The minimum atomic E-state index is -3.37. The maximum Gasteiger partial charge on any atom is 0.344 e. The van der Waals surface area contributed by atoms with E-state index in [1.165, 1.54) is 0 Å². The summed E-state index contributed by atoms with van der Waals surface area (Å²) in [4.78, 5) is 25.7. The Kier molecular flexibility index (Phi) is 17.4. The second kappa shape index (κ2) is 24.7. The predicted octanol–water partition coefficient (Wildman–Crippen LogP) is 12.0. The maximum atomic E-state index is 15.7. The van der Waals surface area contributed by atoms with Crippen LogP contribution in [0.5, 0.6) is 0 Å². The van der Waals surface area contributed by atoms with Crippen LogP contribution in [0.25, 0.3) is 33.9 Å². The van der Waals surface area contributed by atoms with Crippen molar-refractivity contribution >= 4 is 103 Å². The molecule has 0 bridgehead atoms. The fourth-order valence-electron chi connectivity index (χ4n) is 9.11. The summed E-state index contributed by atoms with van der Waals surface area (Å²) in [5.41, 5.74) is -5.19. The highest BCUT2D eigenvalue weighted by molar-refractivity contribution is 14.1. The van der Waals surface area contributed by atoms with E-state index in [-0.39, 0.29) is 38.1 Å². The van der Waals surface area contributed by atoms with Crippen molar-refractivity contribution in [2.75, 3.05) is 13.2 Å². The van der Waals surface area contributed by atoms with Crippen LogP contribution in [-0.2, 0) is 18.6 Å². The van der Waals surface area contributed by atoms with Gasteiger partial charge >= 0.3 is 11.9 Å². The number of unbranched alkanes of at least 4 members (excludes halogenated alkanes) is 2. The monoisotopic (exact) mass is 1390 g/mol. The maximum absolute atomic E-state index is 15.7. The van der Waals surface area contributed by atoms with Gasteiger partial charge in [-0.05, 0) is 64.4 Å². The van der Waals surface area contributed by atoms with Gasteiger partial charge in [0.05, 0.1) is 13.2 Å². The Balaban J connectivity index is 0.752. The number of esters is 2. The molecule has 0 amide bonds. The number of carbonyl (C=O) groups is 2. The van der Waals surface area contributed by atoms with Crippen LogP contribution in [0, 0.1) is 53.9 Å². The van der Waals surface area contributed by atoms with Crippen molar-refractivity contribution in [3.8, 4) is 33.9 Å². The van der Waals surface area contributed by atoms with Crippen LogP contribution in [0.1, 0.15) is 40.0 Å². The molecule has 10 aromatic rings. The number of nitrogens with zero attached hydrogens (tertiary/aromatic N) is 6. The van der Waals surface area contributed by atoms with E-state index >= 15 is 35.1 Å². The third-order valence-electron chi connectivity index (χ3n) is 13.3. The van der Waals surface area contributed by atoms with Crippen LogP contribution in [0.2, 0.25) is 0 Å². The second-order valence-electron chi connectivity index (χ2n) is 18.2. The number of carbonyl (C=O) groups excluding carboxylic acids is 2. The molecule has 8 aromatic carbocycles. The van der Waals surface area contributed by atoms with Crippen LogP contribution in [0.15, 0.2) is 170 Å². The molecule has 0 saturated heterocycles. The zero-order chi connectivity index (χ0) is 58.7. The highest BCUT2D eigenvalue weighted by atomic mass is 127. The number of halogens is 10. The molecule has 0 atom stereocenters. The first-order valence-corrected chi connectivity index (χ1v) is 30.5. The summed E-state index contributed by atoms with van der Waals surface area (Å²) in [5, 5.41) is 18.7. The van der Waals surface area contributed by atoms with Crippen molar-refractivity contribution in [3.63, 3.8) is 0 Å². The molecule has 0 radical (unpaired) electrons. The molecule has 0 N–H and O–H groups in total. The van der Waals surface area contributed by atoms with Crippen LogP contribution in [0.4, 0.5) is 35.1 Å². The average molecular weight is 1390 g/mol. The third kappa shape index (κ3) is 11.0. The molecule has 12 nitrogen and oxygen atoms in total. The molecule has 2 aromatic heterocycles. The first kappa shape index (κ1) is 58.5. The van der Waals surface area contributed by atoms with Crippen molar-refractivity contribution in [2.45, 2.75) is 19.3 Å². The molecule has 420 valence electrons. The number of hydrogen-bond donors (Lipinski definition) is 0. The lowest BCUT2D eigenvalue weighted by atomic mass is 10.1. The van der Waals surface area contributed by atoms with Gasteiger partial charge in [0.25, 0.3) is 0 Å². The molecule has 83 heavy (non-hydrogen) atoms. The van der Waals surface area contributed by atoms with Gasteiger partial charge in [0, 0.05) is 43.0 Å².